The molecule has 0 unspecified atom stereocenters. The SMILES string of the molecule is N#Cc1ccc(-c2ccc(N(c3ccc4c(c3)sc3c5ccccc5ccc43)c3ccc4c(c3)sc3c5ccccc5ccc43)cc2)cc1. The van der Waals surface area contributed by atoms with Crippen LogP contribution in [0.25, 0.3) is 73.0 Å². The third-order valence-electron chi connectivity index (χ3n) is 9.68. The van der Waals surface area contributed by atoms with E-state index in [9.17, 15) is 5.26 Å². The van der Waals surface area contributed by atoms with Gasteiger partial charge in [0, 0.05) is 57.4 Å². The molecule has 0 radical (unpaired) electrons. The first-order valence-electron chi connectivity index (χ1n) is 16.3. The molecule has 0 N–H and O–H groups in total. The Bertz CT molecular complexity index is 2790. The zero-order valence-corrected chi connectivity index (χ0v) is 27.9. The van der Waals surface area contributed by atoms with E-state index in [1.54, 1.807) is 0 Å². The standard InChI is InChI=1S/C45H26N2S2/c46-27-28-9-11-29(12-10-28)30-13-17-33(18-14-30)47(34-19-23-38-40-21-15-31-5-1-3-7-36(31)44(40)48-42(38)25-34)35-20-24-39-41-22-16-32-6-2-4-8-37(32)45(41)49-43(39)26-35/h1-26H. The third kappa shape index (κ3) is 4.52. The van der Waals surface area contributed by atoms with Crippen LogP contribution in [0.2, 0.25) is 0 Å². The second-order valence-corrected chi connectivity index (χ2v) is 14.6. The summed E-state index contributed by atoms with van der Waals surface area (Å²) in [6.07, 6.45) is 0. The van der Waals surface area contributed by atoms with Crippen LogP contribution < -0.4 is 4.90 Å². The monoisotopic (exact) mass is 658 g/mol. The maximum absolute atomic E-state index is 9.27. The summed E-state index contributed by atoms with van der Waals surface area (Å²) in [7, 11) is 0. The lowest BCUT2D eigenvalue weighted by Crippen LogP contribution is -2.09. The normalized spacial score (nSPS) is 11.7. The van der Waals surface area contributed by atoms with Crippen molar-refractivity contribution < 1.29 is 0 Å². The van der Waals surface area contributed by atoms with E-state index < -0.39 is 0 Å². The number of nitrogens with zero attached hydrogens (tertiary/aromatic N) is 2. The molecule has 4 heteroatoms. The Labute approximate surface area is 290 Å². The predicted molar refractivity (Wildman–Crippen MR) is 212 cm³/mol. The van der Waals surface area contributed by atoms with Crippen molar-refractivity contribution in [3.05, 3.63) is 163 Å². The Morgan fingerprint density at radius 1 is 0.408 bits per heavy atom. The number of hydrogen-bond acceptors (Lipinski definition) is 4. The van der Waals surface area contributed by atoms with Gasteiger partial charge in [-0.25, -0.2) is 0 Å². The van der Waals surface area contributed by atoms with Crippen molar-refractivity contribution in [3.63, 3.8) is 0 Å². The number of hydrogen-bond donors (Lipinski definition) is 0. The van der Waals surface area contributed by atoms with Gasteiger partial charge in [0.1, 0.15) is 0 Å². The molecule has 0 aliphatic heterocycles. The van der Waals surface area contributed by atoms with Crippen LogP contribution in [0.4, 0.5) is 17.1 Å². The molecule has 0 saturated heterocycles. The summed E-state index contributed by atoms with van der Waals surface area (Å²) in [6, 6.07) is 59.0. The summed E-state index contributed by atoms with van der Waals surface area (Å²) in [6.45, 7) is 0. The Hall–Kier alpha value is -5.99. The average molecular weight is 659 g/mol. The van der Waals surface area contributed by atoms with E-state index in [-0.39, 0.29) is 0 Å². The van der Waals surface area contributed by atoms with Crippen molar-refractivity contribution in [2.45, 2.75) is 0 Å². The molecule has 0 spiro atoms. The first-order valence-corrected chi connectivity index (χ1v) is 17.9. The fraction of sp³-hybridized carbons (Fsp3) is 0. The Morgan fingerprint density at radius 3 is 1.37 bits per heavy atom. The van der Waals surface area contributed by atoms with Gasteiger partial charge in [-0.3, -0.25) is 0 Å². The number of rotatable bonds is 4. The van der Waals surface area contributed by atoms with Crippen molar-refractivity contribution in [2.24, 2.45) is 0 Å². The van der Waals surface area contributed by atoms with Crippen molar-refractivity contribution in [3.8, 4) is 17.2 Å². The van der Waals surface area contributed by atoms with Gasteiger partial charge >= 0.3 is 0 Å². The summed E-state index contributed by atoms with van der Waals surface area (Å²) in [5, 5.41) is 19.6. The van der Waals surface area contributed by atoms with Gasteiger partial charge in [0.15, 0.2) is 0 Å². The molecule has 8 aromatic carbocycles. The largest absolute Gasteiger partial charge is 0.310 e. The molecule has 2 heterocycles. The minimum absolute atomic E-state index is 0.667. The van der Waals surface area contributed by atoms with E-state index in [2.05, 4.69) is 144 Å². The molecule has 2 nitrogen and oxygen atoms in total. The quantitative estimate of drug-likeness (QED) is 0.188. The van der Waals surface area contributed by atoms with Gasteiger partial charge in [-0.2, -0.15) is 5.26 Å². The smallest absolute Gasteiger partial charge is 0.0991 e. The Morgan fingerprint density at radius 2 is 0.857 bits per heavy atom. The minimum Gasteiger partial charge on any atom is -0.310 e. The van der Waals surface area contributed by atoms with E-state index in [0.29, 0.717) is 5.56 Å². The van der Waals surface area contributed by atoms with Crippen LogP contribution in [0.1, 0.15) is 5.56 Å². The number of nitriles is 1. The Kier molecular flexibility index (Phi) is 6.32. The first kappa shape index (κ1) is 28.1. The van der Waals surface area contributed by atoms with E-state index in [4.69, 9.17) is 0 Å². The lowest BCUT2D eigenvalue weighted by molar-refractivity contribution is 1.30. The second-order valence-electron chi connectivity index (χ2n) is 12.5. The number of benzene rings is 8. The van der Waals surface area contributed by atoms with Gasteiger partial charge in [0.25, 0.3) is 0 Å². The summed E-state index contributed by atoms with van der Waals surface area (Å²) in [5.74, 6) is 0. The van der Waals surface area contributed by atoms with Gasteiger partial charge in [0.2, 0.25) is 0 Å². The maximum atomic E-state index is 9.27. The highest BCUT2D eigenvalue weighted by Crippen LogP contribution is 2.45. The molecule has 0 bridgehead atoms. The molecule has 0 saturated carbocycles. The highest BCUT2D eigenvalue weighted by Gasteiger charge is 2.18. The molecular weight excluding hydrogens is 633 g/mol. The van der Waals surface area contributed by atoms with Crippen LogP contribution in [0, 0.1) is 11.3 Å². The molecule has 49 heavy (non-hydrogen) atoms. The fourth-order valence-corrected chi connectivity index (χ4v) is 9.79. The van der Waals surface area contributed by atoms with Crippen LogP contribution in [0.5, 0.6) is 0 Å². The first-order chi connectivity index (χ1) is 24.2. The minimum atomic E-state index is 0.667. The molecule has 0 fully saturated rings. The summed E-state index contributed by atoms with van der Waals surface area (Å²) >= 11 is 3.75. The van der Waals surface area contributed by atoms with Gasteiger partial charge in [-0.15, -0.1) is 22.7 Å². The van der Waals surface area contributed by atoms with Gasteiger partial charge in [-0.05, 0) is 81.2 Å². The molecule has 0 amide bonds. The molecule has 2 aromatic heterocycles. The summed E-state index contributed by atoms with van der Waals surface area (Å²) < 4.78 is 5.22. The molecule has 0 atom stereocenters. The van der Waals surface area contributed by atoms with Crippen molar-refractivity contribution in [1.29, 1.82) is 5.26 Å². The lowest BCUT2D eigenvalue weighted by atomic mass is 10.0. The second kappa shape index (κ2) is 11.0. The van der Waals surface area contributed by atoms with E-state index >= 15 is 0 Å². The fourth-order valence-electron chi connectivity index (χ4n) is 7.25. The molecule has 10 aromatic rings. The van der Waals surface area contributed by atoms with Crippen LogP contribution in [0.15, 0.2) is 158 Å². The van der Waals surface area contributed by atoms with Crippen molar-refractivity contribution in [2.75, 3.05) is 4.90 Å². The van der Waals surface area contributed by atoms with Crippen LogP contribution >= 0.6 is 22.7 Å². The summed E-state index contributed by atoms with van der Waals surface area (Å²) in [5.41, 5.74) is 6.22. The number of anilines is 3. The number of thiophene rings is 2. The molecule has 0 aliphatic rings. The van der Waals surface area contributed by atoms with Crippen LogP contribution in [-0.2, 0) is 0 Å². The molecule has 228 valence electrons. The van der Waals surface area contributed by atoms with Gasteiger partial charge < -0.3 is 4.90 Å². The van der Waals surface area contributed by atoms with Crippen LogP contribution in [0.3, 0.4) is 0 Å². The van der Waals surface area contributed by atoms with E-state index in [0.717, 1.165) is 28.2 Å². The van der Waals surface area contributed by atoms with Gasteiger partial charge in [-0.1, -0.05) is 109 Å². The molecule has 10 rings (SSSR count). The zero-order chi connectivity index (χ0) is 32.5. The molecule has 0 aliphatic carbocycles. The maximum Gasteiger partial charge on any atom is 0.0991 e. The van der Waals surface area contributed by atoms with Crippen molar-refractivity contribution >= 4 is 102 Å². The Balaban J connectivity index is 1.15. The summed E-state index contributed by atoms with van der Waals surface area (Å²) in [4.78, 5) is 2.38. The average Bonchev–Trinajstić information content (AvgIpc) is 3.73. The highest BCUT2D eigenvalue weighted by molar-refractivity contribution is 7.27. The van der Waals surface area contributed by atoms with E-state index in [1.807, 2.05) is 46.9 Å². The zero-order valence-electron chi connectivity index (χ0n) is 26.2. The predicted octanol–water partition coefficient (Wildman–Crippen LogP) is 13.7. The lowest BCUT2D eigenvalue weighted by Gasteiger charge is -2.26. The number of fused-ring (bicyclic) bond motifs is 10. The molecular formula is C45H26N2S2. The van der Waals surface area contributed by atoms with Gasteiger partial charge in [0.05, 0.1) is 11.6 Å². The highest BCUT2D eigenvalue weighted by atomic mass is 32.1. The topological polar surface area (TPSA) is 27.0 Å². The van der Waals surface area contributed by atoms with Crippen molar-refractivity contribution in [1.82, 2.24) is 0 Å². The third-order valence-corrected chi connectivity index (χ3v) is 12.1. The van der Waals surface area contributed by atoms with Crippen LogP contribution in [-0.4, -0.2) is 0 Å². The van der Waals surface area contributed by atoms with E-state index in [1.165, 1.54) is 61.9 Å².